The number of carbonyl (C=O) groups excluding carboxylic acids is 1. The first-order valence-electron chi connectivity index (χ1n) is 12.1. The summed E-state index contributed by atoms with van der Waals surface area (Å²) in [4.78, 5) is 13.2. The van der Waals surface area contributed by atoms with Gasteiger partial charge in [0.15, 0.2) is 0 Å². The van der Waals surface area contributed by atoms with Crippen LogP contribution < -0.4 is 0 Å². The van der Waals surface area contributed by atoms with Gasteiger partial charge in [-0.2, -0.15) is 0 Å². The molecule has 1 aromatic rings. The molecule has 0 aliphatic heterocycles. The average Bonchev–Trinajstić information content (AvgIpc) is 3.32. The summed E-state index contributed by atoms with van der Waals surface area (Å²) >= 11 is 0. The van der Waals surface area contributed by atoms with Crippen molar-refractivity contribution >= 4 is 5.78 Å². The number of aliphatic hydroxyl groups is 1. The fourth-order valence-corrected chi connectivity index (χ4v) is 8.49. The van der Waals surface area contributed by atoms with Gasteiger partial charge < -0.3 is 9.52 Å². The number of ketones is 1. The number of rotatable bonds is 4. The molecule has 0 radical (unpaired) electrons. The second kappa shape index (κ2) is 7.25. The van der Waals surface area contributed by atoms with Gasteiger partial charge in [0, 0.05) is 12.3 Å². The number of aryl methyl sites for hydroxylation is 1. The van der Waals surface area contributed by atoms with Gasteiger partial charge in [-0.25, -0.2) is 0 Å². The molecule has 29 heavy (non-hydrogen) atoms. The van der Waals surface area contributed by atoms with E-state index in [4.69, 9.17) is 4.42 Å². The molecule has 160 valence electrons. The van der Waals surface area contributed by atoms with E-state index in [1.165, 1.54) is 38.5 Å². The summed E-state index contributed by atoms with van der Waals surface area (Å²) in [6, 6.07) is 1.98. The predicted molar refractivity (Wildman–Crippen MR) is 113 cm³/mol. The molecule has 4 aliphatic rings. The highest BCUT2D eigenvalue weighted by Gasteiger charge is 2.58. The monoisotopic (exact) mass is 398 g/mol. The van der Waals surface area contributed by atoms with Crippen molar-refractivity contribution < 1.29 is 14.3 Å². The van der Waals surface area contributed by atoms with Crippen LogP contribution in [0.2, 0.25) is 0 Å². The van der Waals surface area contributed by atoms with Crippen LogP contribution in [0.5, 0.6) is 0 Å². The normalized spacial score (nSPS) is 46.6. The first kappa shape index (κ1) is 19.8. The van der Waals surface area contributed by atoms with Gasteiger partial charge in [-0.05, 0) is 118 Å². The van der Waals surface area contributed by atoms with Gasteiger partial charge in [-0.1, -0.05) is 6.92 Å². The van der Waals surface area contributed by atoms with Crippen molar-refractivity contribution in [1.29, 1.82) is 0 Å². The lowest BCUT2D eigenvalue weighted by Crippen LogP contribution is -2.51. The van der Waals surface area contributed by atoms with E-state index in [-0.39, 0.29) is 11.3 Å². The third-order valence-electron chi connectivity index (χ3n) is 9.87. The lowest BCUT2D eigenvalue weighted by molar-refractivity contribution is -0.132. The third-order valence-corrected chi connectivity index (χ3v) is 9.87. The fraction of sp³-hybridized carbons (Fsp3) is 0.808. The molecule has 4 fully saturated rings. The van der Waals surface area contributed by atoms with E-state index in [9.17, 15) is 9.90 Å². The summed E-state index contributed by atoms with van der Waals surface area (Å²) in [6.45, 7) is 4.50. The predicted octanol–water partition coefficient (Wildman–Crippen LogP) is 5.80. The summed E-state index contributed by atoms with van der Waals surface area (Å²) in [5, 5.41) is 10.6. The Morgan fingerprint density at radius 3 is 2.69 bits per heavy atom. The average molecular weight is 399 g/mol. The topological polar surface area (TPSA) is 50.4 Å². The molecule has 1 heterocycles. The van der Waals surface area contributed by atoms with E-state index in [0.717, 1.165) is 60.8 Å². The Hall–Kier alpha value is -1.09. The van der Waals surface area contributed by atoms with Crippen LogP contribution in [-0.2, 0) is 11.2 Å². The van der Waals surface area contributed by atoms with E-state index in [0.29, 0.717) is 12.2 Å². The molecule has 1 N–H and O–H groups in total. The van der Waals surface area contributed by atoms with Crippen molar-refractivity contribution in [1.82, 2.24) is 0 Å². The molecule has 0 spiro atoms. The highest BCUT2D eigenvalue weighted by molar-refractivity contribution is 5.82. The standard InChI is InChI=1S/C26H38O3/c1-25(28)12-9-19-18(15-25)4-5-21-20(19)10-13-26(2)22(21)6-7-23(26)24(27)8-3-17-11-14-29-16-17/h11,14,16,18-23,28H,3-10,12-13,15H2,1-2H3/t18-,19+,20-,21-,22+,23-,25-,26+/m1/s1. The van der Waals surface area contributed by atoms with Gasteiger partial charge in [-0.3, -0.25) is 4.79 Å². The number of hydrogen-bond acceptors (Lipinski definition) is 3. The van der Waals surface area contributed by atoms with Gasteiger partial charge in [0.1, 0.15) is 5.78 Å². The minimum Gasteiger partial charge on any atom is -0.472 e. The van der Waals surface area contributed by atoms with E-state index in [1.807, 2.05) is 13.0 Å². The van der Waals surface area contributed by atoms with Crippen LogP contribution >= 0.6 is 0 Å². The molecule has 0 unspecified atom stereocenters. The van der Waals surface area contributed by atoms with Crippen molar-refractivity contribution in [2.24, 2.45) is 40.9 Å². The van der Waals surface area contributed by atoms with Crippen LogP contribution in [0.25, 0.3) is 0 Å². The maximum atomic E-state index is 13.2. The Morgan fingerprint density at radius 2 is 1.90 bits per heavy atom. The maximum absolute atomic E-state index is 13.2. The molecule has 8 atom stereocenters. The molecule has 4 aliphatic carbocycles. The van der Waals surface area contributed by atoms with E-state index in [1.54, 1.807) is 12.5 Å². The summed E-state index contributed by atoms with van der Waals surface area (Å²) in [6.07, 6.45) is 15.7. The van der Waals surface area contributed by atoms with Crippen molar-refractivity contribution in [2.45, 2.75) is 90.1 Å². The van der Waals surface area contributed by atoms with Crippen molar-refractivity contribution in [3.63, 3.8) is 0 Å². The minimum atomic E-state index is -0.433. The summed E-state index contributed by atoms with van der Waals surface area (Å²) < 4.78 is 5.17. The van der Waals surface area contributed by atoms with Crippen LogP contribution in [0.4, 0.5) is 0 Å². The molecule has 0 aromatic carbocycles. The zero-order valence-corrected chi connectivity index (χ0v) is 18.2. The molecule has 0 amide bonds. The lowest BCUT2D eigenvalue weighted by Gasteiger charge is -2.56. The van der Waals surface area contributed by atoms with Crippen LogP contribution in [0.15, 0.2) is 23.0 Å². The highest BCUT2D eigenvalue weighted by Crippen LogP contribution is 2.64. The van der Waals surface area contributed by atoms with Crippen LogP contribution in [0.1, 0.15) is 83.6 Å². The summed E-state index contributed by atoms with van der Waals surface area (Å²) in [5.74, 6) is 4.75. The Balaban J connectivity index is 1.28. The van der Waals surface area contributed by atoms with Crippen LogP contribution in [-0.4, -0.2) is 16.5 Å². The summed E-state index contributed by atoms with van der Waals surface area (Å²) in [5.41, 5.74) is 0.937. The van der Waals surface area contributed by atoms with Gasteiger partial charge in [0.25, 0.3) is 0 Å². The highest BCUT2D eigenvalue weighted by atomic mass is 16.3. The molecule has 4 saturated carbocycles. The van der Waals surface area contributed by atoms with Gasteiger partial charge >= 0.3 is 0 Å². The van der Waals surface area contributed by atoms with Crippen molar-refractivity contribution in [2.75, 3.05) is 0 Å². The Bertz CT molecular complexity index is 735. The number of fused-ring (bicyclic) bond motifs is 5. The lowest BCUT2D eigenvalue weighted by atomic mass is 9.49. The van der Waals surface area contributed by atoms with Crippen LogP contribution in [0.3, 0.4) is 0 Å². The first-order chi connectivity index (χ1) is 13.9. The van der Waals surface area contributed by atoms with Crippen molar-refractivity contribution in [3.05, 3.63) is 24.2 Å². The molecule has 0 bridgehead atoms. The molecule has 5 rings (SSSR count). The SMILES string of the molecule is C[C@@]1(O)CC[C@H]2[C@H](CC[C@@H]3[C@@H]2CC[C@]2(C)[C@@H](C(=O)CCc4ccoc4)CC[C@@H]32)C1. The molecule has 3 nitrogen and oxygen atoms in total. The minimum absolute atomic E-state index is 0.224. The number of Topliss-reactive ketones (excluding diaryl/α,β-unsaturated/α-hetero) is 1. The summed E-state index contributed by atoms with van der Waals surface area (Å²) in [7, 11) is 0. The fourth-order valence-electron chi connectivity index (χ4n) is 8.49. The zero-order chi connectivity index (χ0) is 20.2. The van der Waals surface area contributed by atoms with E-state index >= 15 is 0 Å². The van der Waals surface area contributed by atoms with Crippen molar-refractivity contribution in [3.8, 4) is 0 Å². The smallest absolute Gasteiger partial charge is 0.136 e. The number of furan rings is 1. The van der Waals surface area contributed by atoms with Crippen LogP contribution in [0, 0.1) is 40.9 Å². The zero-order valence-electron chi connectivity index (χ0n) is 18.2. The molecular formula is C26H38O3. The third kappa shape index (κ3) is 3.42. The molecule has 3 heteroatoms. The molecule has 1 aromatic heterocycles. The number of hydrogen-bond donors (Lipinski definition) is 1. The number of carbonyl (C=O) groups is 1. The Labute approximate surface area is 175 Å². The largest absolute Gasteiger partial charge is 0.472 e. The van der Waals surface area contributed by atoms with Gasteiger partial charge in [0.05, 0.1) is 18.1 Å². The Morgan fingerprint density at radius 1 is 1.07 bits per heavy atom. The van der Waals surface area contributed by atoms with E-state index in [2.05, 4.69) is 6.92 Å². The Kier molecular flexibility index (Phi) is 4.96. The molecule has 0 saturated heterocycles. The second-order valence-electron chi connectivity index (χ2n) is 11.4. The van der Waals surface area contributed by atoms with Gasteiger partial charge in [-0.15, -0.1) is 0 Å². The van der Waals surface area contributed by atoms with E-state index < -0.39 is 5.60 Å². The molecular weight excluding hydrogens is 360 g/mol. The first-order valence-corrected chi connectivity index (χ1v) is 12.1. The quantitative estimate of drug-likeness (QED) is 0.697. The second-order valence-corrected chi connectivity index (χ2v) is 11.4. The maximum Gasteiger partial charge on any atom is 0.136 e. The van der Waals surface area contributed by atoms with Gasteiger partial charge in [0.2, 0.25) is 0 Å².